The number of fused-ring (bicyclic) bond motifs is 1. The van der Waals surface area contributed by atoms with Gasteiger partial charge in [0.1, 0.15) is 11.5 Å². The fraction of sp³-hybridized carbons (Fsp3) is 0.385. The standard InChI is InChI=1S/C26H28FN7OS/c1-16-21-19(6-9-33(3)24(21)35)36-23(16)22-18(27)13-29-25(31-22)30-20-5-4-17(12-28-20)34-11-8-26(15-34)7-10-32(2)14-26/h4-6,9,12-13H,7-8,10-11,14-15H2,1-3H3,(H,28,29,30,31). The van der Waals surface area contributed by atoms with E-state index in [1.165, 1.54) is 35.3 Å². The summed E-state index contributed by atoms with van der Waals surface area (Å²) < 4.78 is 17.1. The van der Waals surface area contributed by atoms with Crippen LogP contribution in [0.2, 0.25) is 0 Å². The average molecular weight is 506 g/mol. The summed E-state index contributed by atoms with van der Waals surface area (Å²) in [7, 11) is 3.91. The molecule has 36 heavy (non-hydrogen) atoms. The van der Waals surface area contributed by atoms with Crippen LogP contribution in [0.25, 0.3) is 20.7 Å². The Labute approximate surface area is 212 Å². The third-order valence-corrected chi connectivity index (χ3v) is 8.80. The predicted molar refractivity (Wildman–Crippen MR) is 142 cm³/mol. The molecule has 1 N–H and O–H groups in total. The molecule has 6 rings (SSSR count). The number of likely N-dealkylation sites (tertiary alicyclic amines) is 1. The molecule has 2 saturated heterocycles. The Morgan fingerprint density at radius 3 is 2.67 bits per heavy atom. The van der Waals surface area contributed by atoms with Gasteiger partial charge in [0, 0.05) is 43.0 Å². The third kappa shape index (κ3) is 3.94. The summed E-state index contributed by atoms with van der Waals surface area (Å²) >= 11 is 1.36. The molecule has 186 valence electrons. The van der Waals surface area contributed by atoms with Crippen molar-refractivity contribution in [3.05, 3.63) is 58.5 Å². The van der Waals surface area contributed by atoms with Crippen LogP contribution in [-0.2, 0) is 7.05 Å². The number of aromatic nitrogens is 4. The highest BCUT2D eigenvalue weighted by Crippen LogP contribution is 2.41. The van der Waals surface area contributed by atoms with Crippen LogP contribution in [0.1, 0.15) is 18.4 Å². The van der Waals surface area contributed by atoms with E-state index in [4.69, 9.17) is 0 Å². The van der Waals surface area contributed by atoms with Crippen molar-refractivity contribution < 1.29 is 4.39 Å². The first-order chi connectivity index (χ1) is 17.3. The van der Waals surface area contributed by atoms with Gasteiger partial charge in [-0.15, -0.1) is 11.3 Å². The van der Waals surface area contributed by atoms with Crippen molar-refractivity contribution in [3.8, 4) is 10.6 Å². The van der Waals surface area contributed by atoms with Crippen LogP contribution >= 0.6 is 11.3 Å². The highest BCUT2D eigenvalue weighted by atomic mass is 32.1. The second-order valence-corrected chi connectivity index (χ2v) is 11.2. The van der Waals surface area contributed by atoms with Crippen LogP contribution in [0.3, 0.4) is 0 Å². The summed E-state index contributed by atoms with van der Waals surface area (Å²) in [5, 5.41) is 3.70. The Bertz CT molecular complexity index is 1520. The smallest absolute Gasteiger partial charge is 0.259 e. The molecular weight excluding hydrogens is 477 g/mol. The first-order valence-corrected chi connectivity index (χ1v) is 12.9. The Morgan fingerprint density at radius 2 is 1.92 bits per heavy atom. The molecule has 2 fully saturated rings. The monoisotopic (exact) mass is 505 g/mol. The Morgan fingerprint density at radius 1 is 1.08 bits per heavy atom. The van der Waals surface area contributed by atoms with Crippen molar-refractivity contribution in [1.82, 2.24) is 24.4 Å². The Hall–Kier alpha value is -3.37. The molecule has 0 amide bonds. The van der Waals surface area contributed by atoms with Gasteiger partial charge in [-0.3, -0.25) is 4.79 Å². The minimum absolute atomic E-state index is 0.103. The zero-order valence-electron chi connectivity index (χ0n) is 20.6. The molecule has 6 heterocycles. The maximum atomic E-state index is 14.8. The van der Waals surface area contributed by atoms with Crippen molar-refractivity contribution in [2.75, 3.05) is 43.4 Å². The van der Waals surface area contributed by atoms with Gasteiger partial charge in [0.15, 0.2) is 5.82 Å². The van der Waals surface area contributed by atoms with Crippen LogP contribution in [0.4, 0.5) is 21.8 Å². The van der Waals surface area contributed by atoms with Gasteiger partial charge >= 0.3 is 0 Å². The topological polar surface area (TPSA) is 79.2 Å². The predicted octanol–water partition coefficient (Wildman–Crippen LogP) is 4.18. The molecule has 0 bridgehead atoms. The second kappa shape index (κ2) is 8.63. The first kappa shape index (κ1) is 23.1. The normalized spacial score (nSPS) is 20.2. The number of nitrogens with zero attached hydrogens (tertiary/aromatic N) is 6. The van der Waals surface area contributed by atoms with Gasteiger partial charge in [-0.25, -0.2) is 19.3 Å². The quantitative estimate of drug-likeness (QED) is 0.446. The van der Waals surface area contributed by atoms with E-state index in [2.05, 4.69) is 43.2 Å². The summed E-state index contributed by atoms with van der Waals surface area (Å²) in [6.07, 6.45) is 7.22. The summed E-state index contributed by atoms with van der Waals surface area (Å²) in [6, 6.07) is 5.83. The first-order valence-electron chi connectivity index (χ1n) is 12.1. The number of pyridine rings is 2. The fourth-order valence-electron chi connectivity index (χ4n) is 5.56. The molecule has 2 aliphatic rings. The molecule has 0 aromatic carbocycles. The SMILES string of the molecule is Cc1c(-c2nc(Nc3ccc(N4CCC5(CCN(C)C5)C4)cn3)ncc2F)sc2ccn(C)c(=O)c12. The van der Waals surface area contributed by atoms with Gasteiger partial charge < -0.3 is 19.7 Å². The van der Waals surface area contributed by atoms with Gasteiger partial charge in [-0.05, 0) is 57.1 Å². The van der Waals surface area contributed by atoms with Gasteiger partial charge in [-0.1, -0.05) is 0 Å². The summed E-state index contributed by atoms with van der Waals surface area (Å²) in [5.74, 6) is 0.314. The van der Waals surface area contributed by atoms with E-state index in [0.29, 0.717) is 21.5 Å². The average Bonchev–Trinajstić information content (AvgIpc) is 3.55. The number of hydrogen-bond acceptors (Lipinski definition) is 8. The maximum Gasteiger partial charge on any atom is 0.259 e. The van der Waals surface area contributed by atoms with Crippen molar-refractivity contribution in [2.24, 2.45) is 12.5 Å². The van der Waals surface area contributed by atoms with E-state index in [9.17, 15) is 9.18 Å². The molecule has 8 nitrogen and oxygen atoms in total. The number of rotatable bonds is 4. The molecule has 1 atom stereocenters. The second-order valence-electron chi connectivity index (χ2n) is 10.1. The van der Waals surface area contributed by atoms with E-state index < -0.39 is 5.82 Å². The number of halogens is 1. The minimum atomic E-state index is -0.532. The molecule has 4 aromatic heterocycles. The largest absolute Gasteiger partial charge is 0.370 e. The third-order valence-electron chi connectivity index (χ3n) is 7.54. The van der Waals surface area contributed by atoms with Crippen molar-refractivity contribution in [3.63, 3.8) is 0 Å². The molecule has 2 aliphatic heterocycles. The summed E-state index contributed by atoms with van der Waals surface area (Å²) in [5.41, 5.74) is 2.30. The lowest BCUT2D eigenvalue weighted by Gasteiger charge is -2.24. The van der Waals surface area contributed by atoms with Gasteiger partial charge in [-0.2, -0.15) is 0 Å². The molecule has 1 spiro atoms. The van der Waals surface area contributed by atoms with Crippen molar-refractivity contribution in [1.29, 1.82) is 0 Å². The fourth-order valence-corrected chi connectivity index (χ4v) is 6.75. The van der Waals surface area contributed by atoms with E-state index in [1.807, 2.05) is 25.3 Å². The summed E-state index contributed by atoms with van der Waals surface area (Å²) in [6.45, 7) is 6.27. The minimum Gasteiger partial charge on any atom is -0.370 e. The van der Waals surface area contributed by atoms with Crippen LogP contribution < -0.4 is 15.8 Å². The van der Waals surface area contributed by atoms with E-state index in [1.54, 1.807) is 13.2 Å². The number of aryl methyl sites for hydroxylation is 2. The van der Waals surface area contributed by atoms with Crippen molar-refractivity contribution in [2.45, 2.75) is 19.8 Å². The van der Waals surface area contributed by atoms with Crippen LogP contribution in [0.5, 0.6) is 0 Å². The molecule has 10 heteroatoms. The van der Waals surface area contributed by atoms with Gasteiger partial charge in [0.05, 0.1) is 28.3 Å². The van der Waals surface area contributed by atoms with Crippen LogP contribution in [-0.4, -0.2) is 57.6 Å². The molecule has 0 aliphatic carbocycles. The molecular formula is C26H28FN7OS. The van der Waals surface area contributed by atoms with E-state index in [-0.39, 0.29) is 17.2 Å². The highest BCUT2D eigenvalue weighted by Gasteiger charge is 2.42. The number of nitrogens with one attached hydrogen (secondary N) is 1. The Kier molecular flexibility index (Phi) is 5.53. The molecule has 0 radical (unpaired) electrons. The lowest BCUT2D eigenvalue weighted by molar-refractivity contribution is 0.312. The molecule has 1 unspecified atom stereocenters. The maximum absolute atomic E-state index is 14.8. The van der Waals surface area contributed by atoms with E-state index >= 15 is 0 Å². The lowest BCUT2D eigenvalue weighted by atomic mass is 9.86. The molecule has 0 saturated carbocycles. The highest BCUT2D eigenvalue weighted by molar-refractivity contribution is 7.22. The Balaban J connectivity index is 1.23. The van der Waals surface area contributed by atoms with Gasteiger partial charge in [0.2, 0.25) is 5.95 Å². The molecule has 4 aromatic rings. The lowest BCUT2D eigenvalue weighted by Crippen LogP contribution is -2.29. The zero-order valence-corrected chi connectivity index (χ0v) is 21.4. The number of anilines is 3. The van der Waals surface area contributed by atoms with Crippen LogP contribution in [0.15, 0.2) is 41.6 Å². The number of hydrogen-bond donors (Lipinski definition) is 1. The zero-order chi connectivity index (χ0) is 25.0. The van der Waals surface area contributed by atoms with Gasteiger partial charge in [0.25, 0.3) is 5.56 Å². The van der Waals surface area contributed by atoms with E-state index in [0.717, 1.165) is 41.8 Å². The number of thiophene rings is 1. The van der Waals surface area contributed by atoms with Crippen LogP contribution in [0, 0.1) is 18.2 Å². The summed E-state index contributed by atoms with van der Waals surface area (Å²) in [4.78, 5) is 31.2. The van der Waals surface area contributed by atoms with Crippen molar-refractivity contribution >= 4 is 38.9 Å².